The van der Waals surface area contributed by atoms with Crippen LogP contribution in [0.25, 0.3) is 0 Å². The lowest BCUT2D eigenvalue weighted by Gasteiger charge is -2.16. The standard InChI is InChI=1S/C7H17PS2/c1-4-7-10-8(9,5-2)6-3/h4-7H2,1-3H3. The molecule has 0 N–H and O–H groups in total. The summed E-state index contributed by atoms with van der Waals surface area (Å²) in [5.74, 6) is 1.26. The molecule has 0 bridgehead atoms. The molecule has 0 amide bonds. The van der Waals surface area contributed by atoms with Gasteiger partial charge in [-0.1, -0.05) is 32.6 Å². The Kier molecular flexibility index (Phi) is 6.19. The number of hydrogen-bond donors (Lipinski definition) is 0. The summed E-state index contributed by atoms with van der Waals surface area (Å²) < 4.78 is 0. The average Bonchev–Trinajstić information content (AvgIpc) is 2.00. The Labute approximate surface area is 73.9 Å². The summed E-state index contributed by atoms with van der Waals surface area (Å²) in [4.78, 5) is 0. The van der Waals surface area contributed by atoms with Gasteiger partial charge in [0.25, 0.3) is 0 Å². The molecule has 0 aromatic heterocycles. The summed E-state index contributed by atoms with van der Waals surface area (Å²) in [5.41, 5.74) is 0. The summed E-state index contributed by atoms with van der Waals surface area (Å²) in [5, 5.41) is -0.948. The molecule has 3 heteroatoms. The Morgan fingerprint density at radius 2 is 1.70 bits per heavy atom. The van der Waals surface area contributed by atoms with Crippen LogP contribution in [0.3, 0.4) is 0 Å². The molecule has 0 aliphatic carbocycles. The van der Waals surface area contributed by atoms with E-state index < -0.39 is 5.24 Å². The van der Waals surface area contributed by atoms with Crippen LogP contribution in [0.1, 0.15) is 27.2 Å². The van der Waals surface area contributed by atoms with Gasteiger partial charge in [-0.2, -0.15) is 0 Å². The van der Waals surface area contributed by atoms with Gasteiger partial charge in [-0.25, -0.2) is 0 Å². The van der Waals surface area contributed by atoms with Crippen LogP contribution < -0.4 is 0 Å². The molecule has 62 valence electrons. The first-order chi connectivity index (χ1) is 4.68. The van der Waals surface area contributed by atoms with Crippen LogP contribution >= 0.6 is 16.6 Å². The maximum atomic E-state index is 5.54. The normalized spacial score (nSPS) is 11.9. The molecule has 0 aromatic rings. The highest BCUT2D eigenvalue weighted by Crippen LogP contribution is 2.58. The molecule has 0 spiro atoms. The predicted molar refractivity (Wildman–Crippen MR) is 58.1 cm³/mol. The largest absolute Gasteiger partial charge is 0.124 e. The maximum Gasteiger partial charge on any atom is 0.00602 e. The van der Waals surface area contributed by atoms with Crippen molar-refractivity contribution < 1.29 is 0 Å². The third-order valence-electron chi connectivity index (χ3n) is 1.49. The van der Waals surface area contributed by atoms with Gasteiger partial charge in [0.2, 0.25) is 0 Å². The Bertz CT molecular complexity index is 115. The van der Waals surface area contributed by atoms with Gasteiger partial charge in [0.05, 0.1) is 0 Å². The lowest BCUT2D eigenvalue weighted by molar-refractivity contribution is 1.11. The van der Waals surface area contributed by atoms with E-state index in [4.69, 9.17) is 11.8 Å². The van der Waals surface area contributed by atoms with Gasteiger partial charge in [-0.05, 0) is 24.5 Å². The summed E-state index contributed by atoms with van der Waals surface area (Å²) in [7, 11) is 0. The molecule has 0 nitrogen and oxygen atoms in total. The lowest BCUT2D eigenvalue weighted by Crippen LogP contribution is -1.85. The van der Waals surface area contributed by atoms with Crippen molar-refractivity contribution in [3.8, 4) is 0 Å². The fourth-order valence-electron chi connectivity index (χ4n) is 0.664. The molecule has 0 aliphatic heterocycles. The lowest BCUT2D eigenvalue weighted by atomic mass is 10.6. The molecule has 0 saturated heterocycles. The second kappa shape index (κ2) is 5.62. The van der Waals surface area contributed by atoms with Crippen molar-refractivity contribution in [2.75, 3.05) is 18.1 Å². The number of rotatable bonds is 5. The molecule has 0 fully saturated rings. The zero-order chi connectivity index (χ0) is 8.04. The van der Waals surface area contributed by atoms with Crippen LogP contribution in [-0.4, -0.2) is 18.1 Å². The third-order valence-corrected chi connectivity index (χ3v) is 10.5. The SMILES string of the molecule is CCCSP(=S)(CC)CC. The van der Waals surface area contributed by atoms with E-state index in [1.54, 1.807) is 0 Å². The monoisotopic (exact) mass is 196 g/mol. The summed E-state index contributed by atoms with van der Waals surface area (Å²) >= 11 is 7.59. The highest BCUT2D eigenvalue weighted by atomic mass is 32.9. The summed E-state index contributed by atoms with van der Waals surface area (Å²) in [6, 6.07) is 0. The molecule has 0 aliphatic rings. The van der Waals surface area contributed by atoms with Crippen molar-refractivity contribution in [1.82, 2.24) is 0 Å². The summed E-state index contributed by atoms with van der Waals surface area (Å²) in [6.45, 7) is 6.68. The highest BCUT2D eigenvalue weighted by Gasteiger charge is 2.10. The van der Waals surface area contributed by atoms with E-state index in [0.29, 0.717) is 0 Å². The fraction of sp³-hybridized carbons (Fsp3) is 1.00. The minimum atomic E-state index is -0.948. The Morgan fingerprint density at radius 3 is 2.00 bits per heavy atom. The van der Waals surface area contributed by atoms with Gasteiger partial charge in [-0.3, -0.25) is 0 Å². The van der Waals surface area contributed by atoms with Crippen LogP contribution in [-0.2, 0) is 11.8 Å². The van der Waals surface area contributed by atoms with E-state index in [1.807, 2.05) is 11.4 Å². The Hall–Kier alpha value is 1.00. The van der Waals surface area contributed by atoms with Gasteiger partial charge in [-0.15, -0.1) is 11.4 Å². The van der Waals surface area contributed by atoms with Gasteiger partial charge in [0.15, 0.2) is 0 Å². The van der Waals surface area contributed by atoms with Crippen molar-refractivity contribution in [3.05, 3.63) is 0 Å². The molecule has 0 atom stereocenters. The van der Waals surface area contributed by atoms with Gasteiger partial charge >= 0.3 is 0 Å². The maximum absolute atomic E-state index is 5.54. The molecule has 10 heavy (non-hydrogen) atoms. The minimum absolute atomic E-state index is 0.948. The molecule has 0 unspecified atom stereocenters. The van der Waals surface area contributed by atoms with Crippen LogP contribution in [0.2, 0.25) is 0 Å². The molecule has 0 saturated carbocycles. The van der Waals surface area contributed by atoms with Crippen molar-refractivity contribution in [2.45, 2.75) is 27.2 Å². The Morgan fingerprint density at radius 1 is 1.20 bits per heavy atom. The zero-order valence-corrected chi connectivity index (χ0v) is 9.62. The second-order valence-electron chi connectivity index (χ2n) is 2.28. The molecule has 0 radical (unpaired) electrons. The van der Waals surface area contributed by atoms with Gasteiger partial charge < -0.3 is 0 Å². The van der Waals surface area contributed by atoms with Crippen molar-refractivity contribution in [2.24, 2.45) is 0 Å². The van der Waals surface area contributed by atoms with Gasteiger partial charge in [0.1, 0.15) is 0 Å². The Balaban J connectivity index is 3.70. The van der Waals surface area contributed by atoms with E-state index >= 15 is 0 Å². The van der Waals surface area contributed by atoms with Crippen molar-refractivity contribution >= 4 is 28.4 Å². The number of hydrogen-bond acceptors (Lipinski definition) is 2. The smallest absolute Gasteiger partial charge is 0.00602 e. The summed E-state index contributed by atoms with van der Waals surface area (Å²) in [6.07, 6.45) is 3.72. The average molecular weight is 196 g/mol. The van der Waals surface area contributed by atoms with E-state index in [-0.39, 0.29) is 0 Å². The first-order valence-corrected chi connectivity index (χ1v) is 8.67. The quantitative estimate of drug-likeness (QED) is 0.617. The van der Waals surface area contributed by atoms with Crippen molar-refractivity contribution in [1.29, 1.82) is 0 Å². The van der Waals surface area contributed by atoms with E-state index in [0.717, 1.165) is 0 Å². The fourth-order valence-corrected chi connectivity index (χ4v) is 5.30. The minimum Gasteiger partial charge on any atom is -0.124 e. The molecule has 0 aromatic carbocycles. The first-order valence-electron chi connectivity index (χ1n) is 3.91. The van der Waals surface area contributed by atoms with Crippen LogP contribution in [0, 0.1) is 0 Å². The van der Waals surface area contributed by atoms with Crippen LogP contribution in [0.15, 0.2) is 0 Å². The second-order valence-corrected chi connectivity index (χ2v) is 11.5. The van der Waals surface area contributed by atoms with Gasteiger partial charge in [0, 0.05) is 5.24 Å². The van der Waals surface area contributed by atoms with E-state index in [2.05, 4.69) is 20.8 Å². The topological polar surface area (TPSA) is 0 Å². The third kappa shape index (κ3) is 4.00. The molecular formula is C7H17PS2. The molecule has 0 rings (SSSR count). The van der Waals surface area contributed by atoms with E-state index in [9.17, 15) is 0 Å². The van der Waals surface area contributed by atoms with Crippen LogP contribution in [0.4, 0.5) is 0 Å². The highest BCUT2D eigenvalue weighted by molar-refractivity contribution is 8.70. The zero-order valence-electron chi connectivity index (χ0n) is 7.09. The van der Waals surface area contributed by atoms with Crippen LogP contribution in [0.5, 0.6) is 0 Å². The van der Waals surface area contributed by atoms with Crippen molar-refractivity contribution in [3.63, 3.8) is 0 Å². The molecular weight excluding hydrogens is 179 g/mol. The first kappa shape index (κ1) is 11.0. The predicted octanol–water partition coefficient (Wildman–Crippen LogP) is 3.56. The van der Waals surface area contributed by atoms with E-state index in [1.165, 1.54) is 24.5 Å². The molecule has 0 heterocycles.